The van der Waals surface area contributed by atoms with Gasteiger partial charge in [0.1, 0.15) is 0 Å². The Hall–Kier alpha value is -1.20. The Morgan fingerprint density at radius 2 is 1.84 bits per heavy atom. The minimum Gasteiger partial charge on any atom is -0.353 e. The summed E-state index contributed by atoms with van der Waals surface area (Å²) < 4.78 is 26.4. The molecule has 2 amide bonds. The van der Waals surface area contributed by atoms with Crippen molar-refractivity contribution in [1.29, 1.82) is 0 Å². The van der Waals surface area contributed by atoms with Gasteiger partial charge in [-0.3, -0.25) is 9.59 Å². The average molecular weight is 479 g/mol. The highest BCUT2D eigenvalue weighted by Gasteiger charge is 2.27. The van der Waals surface area contributed by atoms with Crippen LogP contribution in [0, 0.1) is 3.57 Å². The Morgan fingerprint density at radius 3 is 2.36 bits per heavy atom. The van der Waals surface area contributed by atoms with E-state index in [9.17, 15) is 18.0 Å². The molecule has 1 heterocycles. The lowest BCUT2D eigenvalue weighted by atomic mass is 10.0. The van der Waals surface area contributed by atoms with Gasteiger partial charge < -0.3 is 10.2 Å². The van der Waals surface area contributed by atoms with E-state index in [-0.39, 0.29) is 22.8 Å². The molecule has 2 rings (SSSR count). The molecule has 1 aliphatic heterocycles. The summed E-state index contributed by atoms with van der Waals surface area (Å²) >= 11 is 2.04. The smallest absolute Gasteiger partial charge is 0.254 e. The largest absolute Gasteiger partial charge is 0.353 e. The Kier molecular flexibility index (Phi) is 6.44. The number of benzene rings is 1. The summed E-state index contributed by atoms with van der Waals surface area (Å²) in [6, 6.07) is 4.69. The van der Waals surface area contributed by atoms with E-state index in [0.29, 0.717) is 35.1 Å². The molecule has 1 N–H and O–H groups in total. The zero-order valence-corrected chi connectivity index (χ0v) is 17.4. The first kappa shape index (κ1) is 20.1. The predicted molar refractivity (Wildman–Crippen MR) is 103 cm³/mol. The first-order valence-electron chi connectivity index (χ1n) is 7.91. The molecule has 25 heavy (non-hydrogen) atoms. The van der Waals surface area contributed by atoms with Crippen molar-refractivity contribution in [2.24, 2.45) is 0 Å². The van der Waals surface area contributed by atoms with Gasteiger partial charge in [-0.25, -0.2) is 12.7 Å². The zero-order valence-electron chi connectivity index (χ0n) is 14.5. The molecule has 7 nitrogen and oxygen atoms in total. The van der Waals surface area contributed by atoms with Crippen molar-refractivity contribution in [3.8, 4) is 0 Å². The summed E-state index contributed by atoms with van der Waals surface area (Å²) in [6.07, 6.45) is 1.38. The number of nitrogens with zero attached hydrogens (tertiary/aromatic N) is 2. The zero-order chi connectivity index (χ0) is 18.8. The highest BCUT2D eigenvalue weighted by molar-refractivity contribution is 14.1. The molecule has 1 aromatic carbocycles. The van der Waals surface area contributed by atoms with Crippen LogP contribution >= 0.6 is 22.6 Å². The van der Waals surface area contributed by atoms with Gasteiger partial charge in [0, 0.05) is 43.7 Å². The summed E-state index contributed by atoms with van der Waals surface area (Å²) in [5.41, 5.74) is 0.390. The van der Waals surface area contributed by atoms with Crippen LogP contribution in [0.25, 0.3) is 0 Å². The van der Waals surface area contributed by atoms with E-state index < -0.39 is 10.0 Å². The van der Waals surface area contributed by atoms with E-state index in [4.69, 9.17) is 0 Å². The second kappa shape index (κ2) is 8.00. The number of nitrogens with one attached hydrogen (secondary N) is 1. The Bertz CT molecular complexity index is 772. The molecular weight excluding hydrogens is 457 g/mol. The van der Waals surface area contributed by atoms with Crippen molar-refractivity contribution in [3.05, 3.63) is 27.3 Å². The molecule has 0 radical (unpaired) electrons. The van der Waals surface area contributed by atoms with Crippen LogP contribution in [0.3, 0.4) is 0 Å². The lowest BCUT2D eigenvalue weighted by Crippen LogP contribution is -2.46. The number of sulfonamides is 1. The topological polar surface area (TPSA) is 86.8 Å². The molecule has 0 aromatic heterocycles. The number of halogens is 1. The van der Waals surface area contributed by atoms with Crippen LogP contribution in [0.15, 0.2) is 23.1 Å². The van der Waals surface area contributed by atoms with Gasteiger partial charge in [-0.1, -0.05) is 0 Å². The monoisotopic (exact) mass is 479 g/mol. The number of hydrogen-bond acceptors (Lipinski definition) is 4. The average Bonchev–Trinajstić information content (AvgIpc) is 2.54. The molecule has 1 aromatic rings. The van der Waals surface area contributed by atoms with Gasteiger partial charge in [0.15, 0.2) is 0 Å². The normalized spacial score (nSPS) is 16.1. The van der Waals surface area contributed by atoms with Crippen molar-refractivity contribution >= 4 is 44.4 Å². The number of carbonyl (C=O) groups excluding carboxylic acids is 2. The van der Waals surface area contributed by atoms with E-state index >= 15 is 0 Å². The molecule has 0 bridgehead atoms. The van der Waals surface area contributed by atoms with Crippen LogP contribution in [-0.4, -0.2) is 62.7 Å². The molecular formula is C16H22IN3O4S. The van der Waals surface area contributed by atoms with Crippen LogP contribution in [-0.2, 0) is 14.8 Å². The van der Waals surface area contributed by atoms with E-state index in [1.54, 1.807) is 11.0 Å². The summed E-state index contributed by atoms with van der Waals surface area (Å²) in [5, 5.41) is 2.87. The second-order valence-electron chi connectivity index (χ2n) is 6.20. The Balaban J connectivity index is 2.19. The Morgan fingerprint density at radius 1 is 1.24 bits per heavy atom. The number of carbonyl (C=O) groups is 2. The molecule has 9 heteroatoms. The molecule has 1 aliphatic rings. The summed E-state index contributed by atoms with van der Waals surface area (Å²) in [5.74, 6) is -0.248. The maximum Gasteiger partial charge on any atom is 0.254 e. The van der Waals surface area contributed by atoms with Crippen LogP contribution in [0.2, 0.25) is 0 Å². The fourth-order valence-electron chi connectivity index (χ4n) is 2.72. The van der Waals surface area contributed by atoms with Crippen LogP contribution in [0.1, 0.15) is 30.1 Å². The van der Waals surface area contributed by atoms with Gasteiger partial charge in [-0.2, -0.15) is 0 Å². The summed E-state index contributed by atoms with van der Waals surface area (Å²) in [6.45, 7) is 2.55. The van der Waals surface area contributed by atoms with Crippen molar-refractivity contribution in [3.63, 3.8) is 0 Å². The SMILES string of the molecule is CC(=O)NC1CCN(C(=O)c2cc(S(=O)(=O)N(C)C)ccc2I)CC1. The first-order chi connectivity index (χ1) is 11.6. The van der Waals surface area contributed by atoms with Gasteiger partial charge in [0.05, 0.1) is 10.5 Å². The molecule has 1 fully saturated rings. The number of amides is 2. The highest BCUT2D eigenvalue weighted by Crippen LogP contribution is 2.23. The number of likely N-dealkylation sites (tertiary alicyclic amines) is 1. The molecule has 138 valence electrons. The van der Waals surface area contributed by atoms with Crippen molar-refractivity contribution < 1.29 is 18.0 Å². The molecule has 0 unspecified atom stereocenters. The predicted octanol–water partition coefficient (Wildman–Crippen LogP) is 1.28. The third-order valence-electron chi connectivity index (χ3n) is 4.14. The van der Waals surface area contributed by atoms with Gasteiger partial charge in [0.2, 0.25) is 15.9 Å². The molecule has 0 spiro atoms. The number of rotatable bonds is 4. The fraction of sp³-hybridized carbons (Fsp3) is 0.500. The highest BCUT2D eigenvalue weighted by atomic mass is 127. The van der Waals surface area contributed by atoms with Crippen molar-refractivity contribution in [2.45, 2.75) is 30.7 Å². The lowest BCUT2D eigenvalue weighted by Gasteiger charge is -2.32. The van der Waals surface area contributed by atoms with Gasteiger partial charge in [0.25, 0.3) is 5.91 Å². The van der Waals surface area contributed by atoms with E-state index in [1.807, 2.05) is 22.6 Å². The summed E-state index contributed by atoms with van der Waals surface area (Å²) in [7, 11) is -0.671. The van der Waals surface area contributed by atoms with Crippen LogP contribution < -0.4 is 5.32 Å². The maximum atomic E-state index is 12.8. The fourth-order valence-corrected chi connectivity index (χ4v) is 4.22. The second-order valence-corrected chi connectivity index (χ2v) is 9.51. The van der Waals surface area contributed by atoms with E-state index in [2.05, 4.69) is 5.32 Å². The van der Waals surface area contributed by atoms with E-state index in [1.165, 1.54) is 33.2 Å². The van der Waals surface area contributed by atoms with Gasteiger partial charge in [-0.15, -0.1) is 0 Å². The van der Waals surface area contributed by atoms with Gasteiger partial charge >= 0.3 is 0 Å². The standard InChI is InChI=1S/C16H22IN3O4S/c1-11(21)18-12-6-8-20(9-7-12)16(22)14-10-13(4-5-15(14)17)25(23,24)19(2)3/h4-5,10,12H,6-9H2,1-3H3,(H,18,21). The van der Waals surface area contributed by atoms with Crippen LogP contribution in [0.4, 0.5) is 0 Å². The first-order valence-corrected chi connectivity index (χ1v) is 10.4. The Labute approximate surface area is 161 Å². The van der Waals surface area contributed by atoms with Crippen molar-refractivity contribution in [2.75, 3.05) is 27.2 Å². The van der Waals surface area contributed by atoms with Crippen LogP contribution in [0.5, 0.6) is 0 Å². The summed E-state index contributed by atoms with van der Waals surface area (Å²) in [4.78, 5) is 25.8. The minimum absolute atomic E-state index is 0.0686. The number of hydrogen-bond donors (Lipinski definition) is 1. The quantitative estimate of drug-likeness (QED) is 0.660. The third kappa shape index (κ3) is 4.70. The van der Waals surface area contributed by atoms with E-state index in [0.717, 1.165) is 4.31 Å². The van der Waals surface area contributed by atoms with Crippen molar-refractivity contribution in [1.82, 2.24) is 14.5 Å². The molecule has 0 atom stereocenters. The molecule has 1 saturated heterocycles. The maximum absolute atomic E-state index is 12.8. The lowest BCUT2D eigenvalue weighted by molar-refractivity contribution is -0.119. The van der Waals surface area contributed by atoms with Gasteiger partial charge in [-0.05, 0) is 53.6 Å². The number of piperidine rings is 1. The molecule has 0 aliphatic carbocycles. The minimum atomic E-state index is -3.59. The molecule has 0 saturated carbocycles. The third-order valence-corrected chi connectivity index (χ3v) is 6.89.